The Balaban J connectivity index is 1.62. The van der Waals surface area contributed by atoms with E-state index in [0.717, 1.165) is 28.6 Å². The van der Waals surface area contributed by atoms with Crippen LogP contribution < -0.4 is 4.90 Å². The second-order valence-corrected chi connectivity index (χ2v) is 8.63. The molecule has 1 unspecified atom stereocenters. The van der Waals surface area contributed by atoms with E-state index in [1.165, 1.54) is 35.1 Å². The molecule has 0 bridgehead atoms. The second-order valence-electron chi connectivity index (χ2n) is 7.62. The molecule has 1 fully saturated rings. The number of hydrogen-bond donors (Lipinski definition) is 0. The van der Waals surface area contributed by atoms with Gasteiger partial charge in [-0.05, 0) is 67.7 Å². The number of aromatic nitrogens is 1. The molecule has 0 saturated carbocycles. The fraction of sp³-hybridized carbons (Fsp3) is 0.304. The van der Waals surface area contributed by atoms with Crippen LogP contribution in [-0.4, -0.2) is 35.1 Å². The van der Waals surface area contributed by atoms with Crippen LogP contribution in [0.5, 0.6) is 0 Å². The van der Waals surface area contributed by atoms with Gasteiger partial charge in [0.05, 0.1) is 27.8 Å². The molecule has 0 spiro atoms. The van der Waals surface area contributed by atoms with E-state index in [4.69, 9.17) is 9.72 Å². The van der Waals surface area contributed by atoms with Crippen molar-refractivity contribution in [3.8, 4) is 0 Å². The van der Waals surface area contributed by atoms with E-state index < -0.39 is 4.92 Å². The fourth-order valence-electron chi connectivity index (χ4n) is 3.55. The molecule has 1 aliphatic heterocycles. The van der Waals surface area contributed by atoms with E-state index >= 15 is 0 Å². The Hall–Kier alpha value is -3.10. The number of carbonyl (C=O) groups is 1. The van der Waals surface area contributed by atoms with Gasteiger partial charge in [0.15, 0.2) is 5.13 Å². The highest BCUT2D eigenvalue weighted by atomic mass is 32.1. The molecule has 1 saturated heterocycles. The molecular weight excluding hydrogens is 414 g/mol. The molecule has 0 N–H and O–H groups in total. The number of amides is 1. The fourth-order valence-corrected chi connectivity index (χ4v) is 4.59. The smallest absolute Gasteiger partial charge is 0.269 e. The lowest BCUT2D eigenvalue weighted by molar-refractivity contribution is -0.384. The third kappa shape index (κ3) is 4.65. The summed E-state index contributed by atoms with van der Waals surface area (Å²) >= 11 is 1.50. The van der Waals surface area contributed by atoms with Gasteiger partial charge >= 0.3 is 0 Å². The minimum Gasteiger partial charge on any atom is -0.376 e. The minimum atomic E-state index is -0.446. The molecule has 2 heterocycles. The van der Waals surface area contributed by atoms with Crippen molar-refractivity contribution in [2.24, 2.45) is 0 Å². The number of non-ortho nitro benzene ring substituents is 1. The van der Waals surface area contributed by atoms with E-state index in [1.54, 1.807) is 23.1 Å². The van der Waals surface area contributed by atoms with Crippen molar-refractivity contribution in [1.82, 2.24) is 4.98 Å². The molecule has 8 heteroatoms. The molecule has 2 aromatic carbocycles. The molecule has 1 amide bonds. The molecule has 4 rings (SSSR count). The van der Waals surface area contributed by atoms with Crippen LogP contribution in [0.1, 0.15) is 29.5 Å². The van der Waals surface area contributed by atoms with E-state index in [9.17, 15) is 14.9 Å². The lowest BCUT2D eigenvalue weighted by Crippen LogP contribution is -2.36. The Morgan fingerprint density at radius 1 is 1.29 bits per heavy atom. The molecule has 1 aliphatic rings. The van der Waals surface area contributed by atoms with Crippen molar-refractivity contribution in [2.75, 3.05) is 18.1 Å². The highest BCUT2D eigenvalue weighted by Gasteiger charge is 2.25. The number of nitrogens with zero attached hydrogens (tertiary/aromatic N) is 3. The number of hydrogen-bond acceptors (Lipinski definition) is 6. The van der Waals surface area contributed by atoms with Crippen LogP contribution in [0.25, 0.3) is 16.3 Å². The summed E-state index contributed by atoms with van der Waals surface area (Å²) in [5.74, 6) is -0.192. The summed E-state index contributed by atoms with van der Waals surface area (Å²) in [4.78, 5) is 30.0. The average Bonchev–Trinajstić information content (AvgIpc) is 3.43. The van der Waals surface area contributed by atoms with Gasteiger partial charge in [-0.1, -0.05) is 17.4 Å². The maximum absolute atomic E-state index is 13.2. The Morgan fingerprint density at radius 3 is 2.74 bits per heavy atom. The summed E-state index contributed by atoms with van der Waals surface area (Å²) in [7, 11) is 0. The van der Waals surface area contributed by atoms with Gasteiger partial charge in [-0.25, -0.2) is 4.98 Å². The molecule has 3 aromatic rings. The van der Waals surface area contributed by atoms with Gasteiger partial charge in [0, 0.05) is 24.8 Å². The Bertz CT molecular complexity index is 1150. The maximum Gasteiger partial charge on any atom is 0.269 e. The third-order valence-corrected chi connectivity index (χ3v) is 6.55. The van der Waals surface area contributed by atoms with Gasteiger partial charge in [0.1, 0.15) is 0 Å². The van der Waals surface area contributed by atoms with Crippen LogP contribution in [0.15, 0.2) is 42.5 Å². The molecule has 1 atom stereocenters. The van der Waals surface area contributed by atoms with E-state index in [-0.39, 0.29) is 17.7 Å². The zero-order valence-electron chi connectivity index (χ0n) is 17.4. The molecule has 1 aromatic heterocycles. The monoisotopic (exact) mass is 437 g/mol. The predicted octanol–water partition coefficient (Wildman–Crippen LogP) is 5.05. The normalized spacial score (nSPS) is 16.3. The highest BCUT2D eigenvalue weighted by Crippen LogP contribution is 2.33. The quantitative estimate of drug-likeness (QED) is 0.306. The first-order valence-electron chi connectivity index (χ1n) is 10.1. The lowest BCUT2D eigenvalue weighted by Gasteiger charge is -2.21. The van der Waals surface area contributed by atoms with Crippen LogP contribution in [0.2, 0.25) is 0 Å². The summed E-state index contributed by atoms with van der Waals surface area (Å²) in [6, 6.07) is 10.2. The van der Waals surface area contributed by atoms with Crippen molar-refractivity contribution < 1.29 is 14.5 Å². The number of benzene rings is 2. The van der Waals surface area contributed by atoms with Gasteiger partial charge in [-0.15, -0.1) is 0 Å². The number of rotatable bonds is 6. The molecule has 31 heavy (non-hydrogen) atoms. The second kappa shape index (κ2) is 8.95. The Kier molecular flexibility index (Phi) is 6.11. The number of thiazole rings is 1. The number of nitro groups is 1. The number of anilines is 1. The highest BCUT2D eigenvalue weighted by molar-refractivity contribution is 7.22. The first-order valence-corrected chi connectivity index (χ1v) is 11.0. The van der Waals surface area contributed by atoms with Crippen LogP contribution in [0.4, 0.5) is 10.8 Å². The van der Waals surface area contributed by atoms with Crippen LogP contribution >= 0.6 is 11.3 Å². The van der Waals surface area contributed by atoms with Crippen molar-refractivity contribution in [1.29, 1.82) is 0 Å². The topological polar surface area (TPSA) is 85.6 Å². The van der Waals surface area contributed by atoms with Gasteiger partial charge < -0.3 is 4.74 Å². The van der Waals surface area contributed by atoms with Crippen molar-refractivity contribution in [3.05, 3.63) is 69.3 Å². The van der Waals surface area contributed by atoms with Crippen molar-refractivity contribution in [3.63, 3.8) is 0 Å². The first kappa shape index (κ1) is 21.1. The third-order valence-electron chi connectivity index (χ3n) is 5.50. The predicted molar refractivity (Wildman–Crippen MR) is 123 cm³/mol. The van der Waals surface area contributed by atoms with Gasteiger partial charge in [0.2, 0.25) is 0 Å². The Labute approximate surface area is 184 Å². The SMILES string of the molecule is Cc1ccc2sc(N(CC3CCCO3)C(=O)/C=C\c3ccc([N+](=O)[O-])cc3)nc2c1C. The van der Waals surface area contributed by atoms with E-state index in [0.29, 0.717) is 23.8 Å². The molecule has 0 aliphatic carbocycles. The van der Waals surface area contributed by atoms with E-state index in [1.807, 2.05) is 13.0 Å². The summed E-state index contributed by atoms with van der Waals surface area (Å²) in [6.07, 6.45) is 5.05. The Morgan fingerprint density at radius 2 is 2.06 bits per heavy atom. The number of aryl methyl sites for hydroxylation is 2. The zero-order chi connectivity index (χ0) is 22.0. The van der Waals surface area contributed by atoms with Crippen molar-refractivity contribution in [2.45, 2.75) is 32.8 Å². The maximum atomic E-state index is 13.2. The summed E-state index contributed by atoms with van der Waals surface area (Å²) in [5, 5.41) is 11.5. The minimum absolute atomic E-state index is 0.00781. The van der Waals surface area contributed by atoms with Crippen molar-refractivity contribution >= 4 is 44.4 Å². The lowest BCUT2D eigenvalue weighted by atomic mass is 10.1. The zero-order valence-corrected chi connectivity index (χ0v) is 18.2. The average molecular weight is 438 g/mol. The van der Waals surface area contributed by atoms with Crippen LogP contribution in [0.3, 0.4) is 0 Å². The standard InChI is InChI=1S/C23H23N3O4S/c1-15-5-11-20-22(16(15)2)24-23(31-20)25(14-19-4-3-13-30-19)21(27)12-8-17-6-9-18(10-7-17)26(28)29/h5-12,19H,3-4,13-14H2,1-2H3/b12-8-. The molecular formula is C23H23N3O4S. The number of ether oxygens (including phenoxy) is 1. The molecule has 160 valence electrons. The number of nitro benzene ring substituents is 1. The largest absolute Gasteiger partial charge is 0.376 e. The summed E-state index contributed by atoms with van der Waals surface area (Å²) in [5.41, 5.74) is 3.94. The van der Waals surface area contributed by atoms with Gasteiger partial charge in [-0.3, -0.25) is 19.8 Å². The summed E-state index contributed by atoms with van der Waals surface area (Å²) < 4.78 is 6.81. The summed E-state index contributed by atoms with van der Waals surface area (Å²) in [6.45, 7) is 5.25. The van der Waals surface area contributed by atoms with Gasteiger partial charge in [0.25, 0.3) is 11.6 Å². The number of carbonyl (C=O) groups excluding carboxylic acids is 1. The molecule has 7 nitrogen and oxygen atoms in total. The molecule has 0 radical (unpaired) electrons. The first-order chi connectivity index (χ1) is 14.9. The van der Waals surface area contributed by atoms with Crippen LogP contribution in [0, 0.1) is 24.0 Å². The van der Waals surface area contributed by atoms with E-state index in [2.05, 4.69) is 13.0 Å². The van der Waals surface area contributed by atoms with Gasteiger partial charge in [-0.2, -0.15) is 0 Å². The van der Waals surface area contributed by atoms with Crippen LogP contribution in [-0.2, 0) is 9.53 Å². The number of fused-ring (bicyclic) bond motifs is 1.